The number of nitrogens with one attached hydrogen (secondary N) is 2. The summed E-state index contributed by atoms with van der Waals surface area (Å²) in [5, 5.41) is 5.11. The molecule has 0 fully saturated rings. The minimum atomic E-state index is -1.10. The predicted octanol–water partition coefficient (Wildman–Crippen LogP) is 4.20. The van der Waals surface area contributed by atoms with Gasteiger partial charge in [-0.25, -0.2) is 19.2 Å². The van der Waals surface area contributed by atoms with Crippen LogP contribution in [-0.4, -0.2) is 115 Å². The molecule has 2 N–H and O–H groups in total. The van der Waals surface area contributed by atoms with Crippen LogP contribution in [0.1, 0.15) is 62.8 Å². The summed E-state index contributed by atoms with van der Waals surface area (Å²) in [6, 6.07) is 6.98. The van der Waals surface area contributed by atoms with Crippen molar-refractivity contribution in [2.24, 2.45) is 0 Å². The molecule has 0 saturated heterocycles. The van der Waals surface area contributed by atoms with Crippen LogP contribution in [-0.2, 0) is 65.9 Å². The number of rotatable bonds is 24. The van der Waals surface area contributed by atoms with E-state index in [2.05, 4.69) is 23.8 Å². The lowest BCUT2D eigenvalue weighted by molar-refractivity contribution is -0.142. The Morgan fingerprint density at radius 3 is 1.36 bits per heavy atom. The van der Waals surface area contributed by atoms with Crippen LogP contribution < -0.4 is 29.6 Å². The van der Waals surface area contributed by atoms with Crippen LogP contribution in [0.15, 0.2) is 48.6 Å². The molecule has 0 bridgehead atoms. The maximum atomic E-state index is 13.2. The van der Waals surface area contributed by atoms with Gasteiger partial charge in [0, 0.05) is 52.9 Å². The smallest absolute Gasteiger partial charge is 0.407 e. The second-order valence-corrected chi connectivity index (χ2v) is 13.9. The third-order valence-corrected chi connectivity index (χ3v) is 9.26. The van der Waals surface area contributed by atoms with Gasteiger partial charge in [-0.1, -0.05) is 27.0 Å². The molecule has 2 aromatic rings. The standard InChI is InChI=1S/C43H54N2O16/c1-7-29-21-31-35(23-33(29)54-17-19-58-41(50)44-9-11-52-13-15-56-39(48)27(3)4)60-37(46)25-43(31)26-38(47)61-36-24-34(30(8-2)22-32(36)43)55-18-20-59-42(51)45-10-12-53-14-16-57-40(49)28(5)6/h21-24H,3,5,7-20,25-26H2,1-2,4,6H3,(H,44,50)(H,45,51). The lowest BCUT2D eigenvalue weighted by Gasteiger charge is -2.41. The largest absolute Gasteiger partial charge is 0.490 e. The first kappa shape index (κ1) is 47.5. The molecule has 18 nitrogen and oxygen atoms in total. The number of carbonyl (C=O) groups excluding carboxylic acids is 6. The predicted molar refractivity (Wildman–Crippen MR) is 216 cm³/mol. The van der Waals surface area contributed by atoms with Gasteiger partial charge in [0.2, 0.25) is 0 Å². The van der Waals surface area contributed by atoms with E-state index in [0.29, 0.717) is 46.6 Å². The van der Waals surface area contributed by atoms with Gasteiger partial charge in [0.15, 0.2) is 0 Å². The summed E-state index contributed by atoms with van der Waals surface area (Å²) in [6.45, 7) is 15.0. The number of esters is 4. The third-order valence-electron chi connectivity index (χ3n) is 9.26. The molecule has 0 atom stereocenters. The molecular formula is C43H54N2O16. The lowest BCUT2D eigenvalue weighted by atomic mass is 9.66. The van der Waals surface area contributed by atoms with Crippen molar-refractivity contribution >= 4 is 36.1 Å². The Balaban J connectivity index is 1.32. The summed E-state index contributed by atoms with van der Waals surface area (Å²) in [6.07, 6.45) is -0.493. The monoisotopic (exact) mass is 854 g/mol. The highest BCUT2D eigenvalue weighted by molar-refractivity contribution is 5.88. The zero-order valence-corrected chi connectivity index (χ0v) is 35.1. The Kier molecular flexibility index (Phi) is 18.4. The molecule has 0 radical (unpaired) electrons. The molecule has 2 heterocycles. The topological polar surface area (TPSA) is 219 Å². The van der Waals surface area contributed by atoms with E-state index in [4.69, 9.17) is 47.4 Å². The fourth-order valence-electron chi connectivity index (χ4n) is 6.31. The Morgan fingerprint density at radius 1 is 0.590 bits per heavy atom. The number of alkyl carbamates (subject to hydrolysis) is 2. The molecule has 0 unspecified atom stereocenters. The number of amides is 2. The highest BCUT2D eigenvalue weighted by Gasteiger charge is 2.50. The van der Waals surface area contributed by atoms with E-state index in [-0.39, 0.29) is 103 Å². The molecular weight excluding hydrogens is 800 g/mol. The molecule has 0 aliphatic carbocycles. The van der Waals surface area contributed by atoms with Crippen LogP contribution in [0.4, 0.5) is 9.59 Å². The van der Waals surface area contributed by atoms with Crippen molar-refractivity contribution in [3.05, 3.63) is 70.8 Å². The second-order valence-electron chi connectivity index (χ2n) is 13.9. The van der Waals surface area contributed by atoms with Crippen LogP contribution in [0, 0.1) is 0 Å². The molecule has 2 aliphatic rings. The van der Waals surface area contributed by atoms with Crippen LogP contribution in [0.25, 0.3) is 0 Å². The van der Waals surface area contributed by atoms with Gasteiger partial charge >= 0.3 is 36.1 Å². The van der Waals surface area contributed by atoms with Gasteiger partial charge in [-0.15, -0.1) is 0 Å². The van der Waals surface area contributed by atoms with Gasteiger partial charge in [-0.3, -0.25) is 9.59 Å². The first-order valence-corrected chi connectivity index (χ1v) is 19.9. The maximum Gasteiger partial charge on any atom is 0.407 e. The third kappa shape index (κ3) is 14.0. The molecule has 2 aromatic carbocycles. The SMILES string of the molecule is C=C(C)C(=O)OCCOCCNC(=O)OCCOc1cc2c(cc1CC)C1(CC(=O)O2)CC(=O)Oc2cc(OCCOC(=O)NCCOCCOC(=O)C(=C)C)c(CC)cc21. The number of benzene rings is 2. The van der Waals surface area contributed by atoms with Gasteiger partial charge in [-0.05, 0) is 49.9 Å². The fraction of sp³-hybridized carbons (Fsp3) is 0.488. The quantitative estimate of drug-likeness (QED) is 0.0497. The van der Waals surface area contributed by atoms with E-state index in [1.54, 1.807) is 26.0 Å². The zero-order chi connectivity index (χ0) is 44.4. The Morgan fingerprint density at radius 2 is 0.984 bits per heavy atom. The van der Waals surface area contributed by atoms with Crippen molar-refractivity contribution in [3.8, 4) is 23.0 Å². The second kappa shape index (κ2) is 23.6. The number of ether oxygens (including phenoxy) is 10. The van der Waals surface area contributed by atoms with E-state index >= 15 is 0 Å². The first-order chi connectivity index (χ1) is 29.3. The highest BCUT2D eigenvalue weighted by atomic mass is 16.6. The van der Waals surface area contributed by atoms with E-state index in [1.807, 2.05) is 26.0 Å². The molecule has 4 rings (SSSR count). The van der Waals surface area contributed by atoms with Crippen LogP contribution in [0.3, 0.4) is 0 Å². The average molecular weight is 855 g/mol. The Bertz CT molecular complexity index is 1810. The van der Waals surface area contributed by atoms with Crippen molar-refractivity contribution in [3.63, 3.8) is 0 Å². The normalized spacial score (nSPS) is 13.4. The van der Waals surface area contributed by atoms with Crippen molar-refractivity contribution < 1.29 is 76.1 Å². The van der Waals surface area contributed by atoms with E-state index < -0.39 is 41.5 Å². The molecule has 61 heavy (non-hydrogen) atoms. The number of fused-ring (bicyclic) bond motifs is 4. The zero-order valence-electron chi connectivity index (χ0n) is 35.1. The Hall–Kier alpha value is -6.14. The summed E-state index contributed by atoms with van der Waals surface area (Å²) < 4.78 is 54.3. The number of aryl methyl sites for hydroxylation is 2. The average Bonchev–Trinajstić information content (AvgIpc) is 3.22. The highest BCUT2D eigenvalue weighted by Crippen LogP contribution is 2.54. The molecule has 2 aliphatic heterocycles. The van der Waals surface area contributed by atoms with E-state index in [1.165, 1.54) is 0 Å². The van der Waals surface area contributed by atoms with E-state index in [0.717, 1.165) is 11.1 Å². The van der Waals surface area contributed by atoms with Gasteiger partial charge in [-0.2, -0.15) is 0 Å². The summed E-state index contributed by atoms with van der Waals surface area (Å²) >= 11 is 0. The van der Waals surface area contributed by atoms with Crippen molar-refractivity contribution in [2.75, 3.05) is 79.2 Å². The Labute approximate surface area is 354 Å². The number of carbonyl (C=O) groups is 6. The van der Waals surface area contributed by atoms with E-state index in [9.17, 15) is 28.8 Å². The van der Waals surface area contributed by atoms with Gasteiger partial charge < -0.3 is 58.0 Å². The van der Waals surface area contributed by atoms with Crippen LogP contribution in [0.2, 0.25) is 0 Å². The van der Waals surface area contributed by atoms with Gasteiger partial charge in [0.05, 0.1) is 39.3 Å². The van der Waals surface area contributed by atoms with Crippen LogP contribution in [0.5, 0.6) is 23.0 Å². The van der Waals surface area contributed by atoms with Crippen LogP contribution >= 0.6 is 0 Å². The lowest BCUT2D eigenvalue weighted by Crippen LogP contribution is -2.43. The number of hydrogen-bond donors (Lipinski definition) is 2. The minimum absolute atomic E-state index is 0.00310. The summed E-state index contributed by atoms with van der Waals surface area (Å²) in [5.41, 5.74) is 2.31. The summed E-state index contributed by atoms with van der Waals surface area (Å²) in [5.74, 6) is -0.750. The molecule has 18 heteroatoms. The number of hydrogen-bond acceptors (Lipinski definition) is 16. The van der Waals surface area contributed by atoms with Crippen molar-refractivity contribution in [1.29, 1.82) is 0 Å². The summed E-state index contributed by atoms with van der Waals surface area (Å²) in [7, 11) is 0. The molecule has 1 spiro atoms. The van der Waals surface area contributed by atoms with Gasteiger partial charge in [0.25, 0.3) is 0 Å². The minimum Gasteiger partial charge on any atom is -0.490 e. The first-order valence-electron chi connectivity index (χ1n) is 19.9. The molecule has 2 amide bonds. The fourth-order valence-corrected chi connectivity index (χ4v) is 6.31. The van der Waals surface area contributed by atoms with Crippen molar-refractivity contribution in [1.82, 2.24) is 10.6 Å². The molecule has 0 saturated carbocycles. The molecule has 0 aromatic heterocycles. The van der Waals surface area contributed by atoms with Gasteiger partial charge in [0.1, 0.15) is 62.6 Å². The maximum absolute atomic E-state index is 13.2. The molecule has 332 valence electrons. The summed E-state index contributed by atoms with van der Waals surface area (Å²) in [4.78, 5) is 73.5. The van der Waals surface area contributed by atoms with Crippen molar-refractivity contribution in [2.45, 2.75) is 58.8 Å².